The summed E-state index contributed by atoms with van der Waals surface area (Å²) in [6, 6.07) is 27.2. The summed E-state index contributed by atoms with van der Waals surface area (Å²) in [6.07, 6.45) is 0. The summed E-state index contributed by atoms with van der Waals surface area (Å²) in [5.74, 6) is 0.463. The van der Waals surface area contributed by atoms with Gasteiger partial charge in [-0.3, -0.25) is 10.2 Å². The number of sulfonamides is 1. The van der Waals surface area contributed by atoms with Crippen LogP contribution in [0.2, 0.25) is 0 Å². The number of amides is 1. The fourth-order valence-electron chi connectivity index (χ4n) is 3.73. The Kier molecular flexibility index (Phi) is 7.53. The molecule has 0 aliphatic carbocycles. The first-order valence-electron chi connectivity index (χ1n) is 11.9. The Morgan fingerprint density at radius 1 is 0.875 bits per heavy atom. The van der Waals surface area contributed by atoms with Crippen molar-refractivity contribution in [2.75, 3.05) is 12.4 Å². The molecule has 10 nitrogen and oxygen atoms in total. The summed E-state index contributed by atoms with van der Waals surface area (Å²) in [5.41, 5.74) is 4.38. The molecule has 0 unspecified atom stereocenters. The molecule has 0 fully saturated rings. The number of methoxy groups -OCH3 is 1. The van der Waals surface area contributed by atoms with Crippen LogP contribution in [-0.2, 0) is 10.0 Å². The third-order valence-electron chi connectivity index (χ3n) is 5.78. The molecule has 1 heterocycles. The predicted molar refractivity (Wildman–Crippen MR) is 147 cm³/mol. The maximum atomic E-state index is 13.5. The van der Waals surface area contributed by atoms with Crippen molar-refractivity contribution in [1.29, 1.82) is 0 Å². The first-order valence-corrected chi connectivity index (χ1v) is 13.4. The third-order valence-corrected chi connectivity index (χ3v) is 7.05. The number of rotatable bonds is 9. The average Bonchev–Trinajstić information content (AvgIpc) is 3.41. The number of hydrazine groups is 1. The van der Waals surface area contributed by atoms with Gasteiger partial charge in [0.15, 0.2) is 5.82 Å². The molecule has 0 atom stereocenters. The van der Waals surface area contributed by atoms with E-state index in [9.17, 15) is 17.6 Å². The molecule has 5 aromatic rings. The Morgan fingerprint density at radius 2 is 1.55 bits per heavy atom. The maximum Gasteiger partial charge on any atom is 0.266 e. The van der Waals surface area contributed by atoms with E-state index in [1.165, 1.54) is 36.4 Å². The lowest BCUT2D eigenvalue weighted by Crippen LogP contribution is -2.41. The van der Waals surface area contributed by atoms with E-state index in [-0.39, 0.29) is 22.2 Å². The lowest BCUT2D eigenvalue weighted by atomic mass is 10.2. The summed E-state index contributed by atoms with van der Waals surface area (Å²) < 4.78 is 45.0. The fourth-order valence-corrected chi connectivity index (χ4v) is 4.59. The third kappa shape index (κ3) is 5.98. The average molecular weight is 559 g/mol. The number of nitrogens with one attached hydrogen (secondary N) is 3. The zero-order valence-corrected chi connectivity index (χ0v) is 21.9. The number of ether oxygens (including phenoxy) is 1. The molecule has 40 heavy (non-hydrogen) atoms. The van der Waals surface area contributed by atoms with Gasteiger partial charge in [-0.2, -0.15) is 4.98 Å². The monoisotopic (exact) mass is 558 g/mol. The molecule has 0 radical (unpaired) electrons. The number of aromatic nitrogens is 3. The summed E-state index contributed by atoms with van der Waals surface area (Å²) >= 11 is 0. The lowest BCUT2D eigenvalue weighted by Gasteiger charge is -2.09. The van der Waals surface area contributed by atoms with Crippen LogP contribution in [-0.4, -0.2) is 36.2 Å². The molecule has 0 spiro atoms. The van der Waals surface area contributed by atoms with Crippen LogP contribution in [0.15, 0.2) is 108 Å². The second-order valence-corrected chi connectivity index (χ2v) is 10.1. The van der Waals surface area contributed by atoms with Crippen LogP contribution in [0, 0.1) is 5.82 Å². The molecule has 0 aliphatic rings. The van der Waals surface area contributed by atoms with E-state index in [1.54, 1.807) is 66.4 Å². The van der Waals surface area contributed by atoms with Gasteiger partial charge in [0.2, 0.25) is 5.95 Å². The van der Waals surface area contributed by atoms with E-state index in [0.717, 1.165) is 5.56 Å². The summed E-state index contributed by atoms with van der Waals surface area (Å²) in [5, 5.41) is 7.65. The molecular weight excluding hydrogens is 535 g/mol. The smallest absolute Gasteiger partial charge is 0.266 e. The number of benzene rings is 4. The summed E-state index contributed by atoms with van der Waals surface area (Å²) in [6.45, 7) is 0. The van der Waals surface area contributed by atoms with E-state index in [1.807, 2.05) is 12.1 Å². The molecule has 0 saturated carbocycles. The standard InChI is InChI=1S/C28H23FN6O4S/c1-39-24-17-9-19(10-18-24)26-31-28(33-35(26)23-15-11-21(29)12-16-23)30-22-13-7-20(8-14-22)27(36)32-34-40(37,38)25-5-3-2-4-6-25/h2-18,34H,1H3,(H,30,33)(H,32,36). The highest BCUT2D eigenvalue weighted by Gasteiger charge is 2.17. The molecular formula is C28H23FN6O4S. The summed E-state index contributed by atoms with van der Waals surface area (Å²) in [4.78, 5) is 19.2. The van der Waals surface area contributed by atoms with Crippen molar-refractivity contribution in [1.82, 2.24) is 25.0 Å². The minimum absolute atomic E-state index is 0.0245. The van der Waals surface area contributed by atoms with E-state index >= 15 is 0 Å². The number of hydrogen-bond acceptors (Lipinski definition) is 7. The Labute approximate surface area is 229 Å². The van der Waals surface area contributed by atoms with Crippen LogP contribution >= 0.6 is 0 Å². The Balaban J connectivity index is 1.33. The van der Waals surface area contributed by atoms with Crippen molar-refractivity contribution < 1.29 is 22.3 Å². The zero-order chi connectivity index (χ0) is 28.1. The zero-order valence-electron chi connectivity index (χ0n) is 21.1. The van der Waals surface area contributed by atoms with E-state index in [0.29, 0.717) is 22.9 Å². The van der Waals surface area contributed by atoms with Crippen molar-refractivity contribution in [3.8, 4) is 22.8 Å². The summed E-state index contributed by atoms with van der Waals surface area (Å²) in [7, 11) is -2.33. The Hall–Kier alpha value is -5.07. The van der Waals surface area contributed by atoms with Gasteiger partial charge < -0.3 is 10.1 Å². The van der Waals surface area contributed by atoms with Crippen molar-refractivity contribution in [2.45, 2.75) is 4.90 Å². The van der Waals surface area contributed by atoms with Gasteiger partial charge in [0, 0.05) is 16.8 Å². The maximum absolute atomic E-state index is 13.5. The molecule has 4 aromatic carbocycles. The molecule has 12 heteroatoms. The number of nitrogens with zero attached hydrogens (tertiary/aromatic N) is 3. The van der Waals surface area contributed by atoms with E-state index in [2.05, 4.69) is 25.7 Å². The topological polar surface area (TPSA) is 127 Å². The molecule has 202 valence electrons. The fraction of sp³-hybridized carbons (Fsp3) is 0.0357. The highest BCUT2D eigenvalue weighted by atomic mass is 32.2. The van der Waals surface area contributed by atoms with Gasteiger partial charge in [0.25, 0.3) is 15.9 Å². The predicted octanol–water partition coefficient (Wildman–Crippen LogP) is 4.45. The molecule has 0 saturated heterocycles. The number of carbonyl (C=O) groups excluding carboxylic acids is 1. The molecule has 1 aromatic heterocycles. The first-order chi connectivity index (χ1) is 19.3. The van der Waals surface area contributed by atoms with Crippen molar-refractivity contribution >= 4 is 27.6 Å². The van der Waals surface area contributed by atoms with Crippen LogP contribution in [0.25, 0.3) is 17.1 Å². The Bertz CT molecular complexity index is 1730. The highest BCUT2D eigenvalue weighted by molar-refractivity contribution is 7.89. The second kappa shape index (κ2) is 11.4. The van der Waals surface area contributed by atoms with Gasteiger partial charge in [-0.1, -0.05) is 18.2 Å². The van der Waals surface area contributed by atoms with E-state index in [4.69, 9.17) is 4.74 Å². The molecule has 0 bridgehead atoms. The number of halogens is 1. The number of carbonyl (C=O) groups is 1. The van der Waals surface area contributed by atoms with Crippen LogP contribution in [0.4, 0.5) is 16.0 Å². The van der Waals surface area contributed by atoms with Crippen molar-refractivity contribution in [3.63, 3.8) is 0 Å². The minimum atomic E-state index is -3.91. The van der Waals surface area contributed by atoms with E-state index < -0.39 is 15.9 Å². The lowest BCUT2D eigenvalue weighted by molar-refractivity contribution is 0.0945. The van der Waals surface area contributed by atoms with Gasteiger partial charge >= 0.3 is 0 Å². The molecule has 0 aliphatic heterocycles. The van der Waals surface area contributed by atoms with Gasteiger partial charge in [-0.05, 0) is 84.9 Å². The van der Waals surface area contributed by atoms with Crippen LogP contribution in [0.1, 0.15) is 10.4 Å². The quantitative estimate of drug-likeness (QED) is 0.228. The molecule has 1 amide bonds. The van der Waals surface area contributed by atoms with Crippen LogP contribution < -0.4 is 20.3 Å². The Morgan fingerprint density at radius 3 is 2.20 bits per heavy atom. The van der Waals surface area contributed by atoms with Crippen LogP contribution in [0.5, 0.6) is 5.75 Å². The largest absolute Gasteiger partial charge is 0.497 e. The second-order valence-electron chi connectivity index (χ2n) is 8.45. The number of anilines is 2. The van der Waals surface area contributed by atoms with Gasteiger partial charge in [-0.25, -0.2) is 17.5 Å². The molecule has 3 N–H and O–H groups in total. The molecule has 5 rings (SSSR count). The van der Waals surface area contributed by atoms with Gasteiger partial charge in [0.05, 0.1) is 17.7 Å². The normalized spacial score (nSPS) is 11.2. The van der Waals surface area contributed by atoms with Gasteiger partial charge in [0.1, 0.15) is 11.6 Å². The minimum Gasteiger partial charge on any atom is -0.497 e. The van der Waals surface area contributed by atoms with Gasteiger partial charge in [-0.15, -0.1) is 9.93 Å². The number of hydrogen-bond donors (Lipinski definition) is 3. The first kappa shape index (κ1) is 26.5. The van der Waals surface area contributed by atoms with Crippen LogP contribution in [0.3, 0.4) is 0 Å². The van der Waals surface area contributed by atoms with Crippen molar-refractivity contribution in [2.24, 2.45) is 0 Å². The highest BCUT2D eigenvalue weighted by Crippen LogP contribution is 2.26. The SMILES string of the molecule is COc1ccc(-c2nc(Nc3ccc(C(=O)NNS(=O)(=O)c4ccccc4)cc3)nn2-c2ccc(F)cc2)cc1. The van der Waals surface area contributed by atoms with Crippen molar-refractivity contribution in [3.05, 3.63) is 115 Å².